The van der Waals surface area contributed by atoms with Crippen molar-refractivity contribution in [2.24, 2.45) is 23.2 Å². The topological polar surface area (TPSA) is 139 Å². The van der Waals surface area contributed by atoms with Crippen molar-refractivity contribution in [1.82, 2.24) is 10.2 Å². The van der Waals surface area contributed by atoms with E-state index in [0.29, 0.717) is 12.0 Å². The maximum atomic E-state index is 12.4. The van der Waals surface area contributed by atoms with Crippen LogP contribution in [0.25, 0.3) is 0 Å². The highest BCUT2D eigenvalue weighted by atomic mass is 16.6. The van der Waals surface area contributed by atoms with Gasteiger partial charge in [0.15, 0.2) is 0 Å². The van der Waals surface area contributed by atoms with Crippen molar-refractivity contribution < 1.29 is 29.2 Å². The minimum atomic E-state index is -1.11. The highest BCUT2D eigenvalue weighted by Crippen LogP contribution is 2.64. The van der Waals surface area contributed by atoms with Crippen molar-refractivity contribution in [2.75, 3.05) is 13.1 Å². The summed E-state index contributed by atoms with van der Waals surface area (Å²) in [5.74, 6) is -2.81. The quantitative estimate of drug-likeness (QED) is 0.281. The Bertz CT molecular complexity index is 1050. The normalized spacial score (nSPS) is 42.3. The van der Waals surface area contributed by atoms with Crippen LogP contribution in [-0.4, -0.2) is 63.7 Å². The predicted octanol–water partition coefficient (Wildman–Crippen LogP) is 0.239. The summed E-state index contributed by atoms with van der Waals surface area (Å²) in [5, 5.41) is 24.5. The predicted molar refractivity (Wildman–Crippen MR) is 103 cm³/mol. The zero-order valence-corrected chi connectivity index (χ0v) is 16.5. The summed E-state index contributed by atoms with van der Waals surface area (Å²) < 4.78 is 5.89. The average Bonchev–Trinajstić information content (AvgIpc) is 3.18. The van der Waals surface area contributed by atoms with Crippen LogP contribution in [0.5, 0.6) is 0 Å². The molecule has 2 aliphatic carbocycles. The lowest BCUT2D eigenvalue weighted by Crippen LogP contribution is -2.64. The Morgan fingerprint density at radius 1 is 1.42 bits per heavy atom. The number of piperidine rings is 1. The van der Waals surface area contributed by atoms with Gasteiger partial charge < -0.3 is 15.2 Å². The van der Waals surface area contributed by atoms with Crippen LogP contribution in [0.1, 0.15) is 19.3 Å². The zero-order valence-electron chi connectivity index (χ0n) is 16.5. The molecule has 4 aliphatic heterocycles. The molecule has 4 fully saturated rings. The van der Waals surface area contributed by atoms with Gasteiger partial charge in [-0.3, -0.25) is 29.4 Å². The Labute approximate surface area is 176 Å². The minimum Gasteiger partial charge on any atom is -0.497 e. The average molecular weight is 427 g/mol. The number of carbonyl (C=O) groups is 3. The Morgan fingerprint density at radius 3 is 2.97 bits per heavy atom. The molecule has 6 rings (SSSR count). The molecule has 10 nitrogen and oxygen atoms in total. The Balaban J connectivity index is 1.56. The maximum absolute atomic E-state index is 12.4. The van der Waals surface area contributed by atoms with Crippen molar-refractivity contribution in [3.8, 4) is 0 Å². The lowest BCUT2D eigenvalue weighted by Gasteiger charge is -2.56. The van der Waals surface area contributed by atoms with Gasteiger partial charge in [0.1, 0.15) is 11.8 Å². The number of allylic oxidation sites excluding steroid dienone is 3. The fourth-order valence-corrected chi connectivity index (χ4v) is 7.35. The highest BCUT2D eigenvalue weighted by Gasteiger charge is 2.70. The summed E-state index contributed by atoms with van der Waals surface area (Å²) in [4.78, 5) is 49.8. The summed E-state index contributed by atoms with van der Waals surface area (Å²) in [6.07, 6.45) is 5.62. The van der Waals surface area contributed by atoms with Gasteiger partial charge in [-0.15, -0.1) is 0 Å². The number of nitrogens with one attached hydrogen (secondary N) is 1. The molecule has 0 amide bonds. The third-order valence-electron chi connectivity index (χ3n) is 8.36. The third kappa shape index (κ3) is 2.23. The van der Waals surface area contributed by atoms with E-state index < -0.39 is 39.7 Å². The molecule has 0 radical (unpaired) electrons. The molecule has 162 valence electrons. The number of nitrogens with zero attached hydrogens (tertiary/aromatic N) is 2. The number of carbonyl (C=O) groups excluding carboxylic acids is 2. The van der Waals surface area contributed by atoms with Crippen LogP contribution in [0.2, 0.25) is 0 Å². The highest BCUT2D eigenvalue weighted by molar-refractivity contribution is 6.48. The first-order chi connectivity index (χ1) is 14.8. The van der Waals surface area contributed by atoms with Gasteiger partial charge in [-0.25, -0.2) is 0 Å². The van der Waals surface area contributed by atoms with E-state index in [1.807, 2.05) is 6.08 Å². The van der Waals surface area contributed by atoms with E-state index in [4.69, 9.17) is 4.74 Å². The van der Waals surface area contributed by atoms with E-state index >= 15 is 0 Å². The number of Topliss-reactive ketones (excluding diaryl/α,β-unsaturated/α-hetero) is 1. The molecule has 10 heteroatoms. The van der Waals surface area contributed by atoms with E-state index in [0.717, 1.165) is 19.5 Å². The molecule has 0 aromatic rings. The van der Waals surface area contributed by atoms with Crippen LogP contribution in [0.15, 0.2) is 35.4 Å². The number of hydrogen-bond donors (Lipinski definition) is 2. The Morgan fingerprint density at radius 2 is 2.23 bits per heavy atom. The second-order valence-electron chi connectivity index (χ2n) is 9.40. The number of fused-ring (bicyclic) bond motifs is 2. The van der Waals surface area contributed by atoms with E-state index in [2.05, 4.69) is 10.2 Å². The molecule has 7 atom stereocenters. The van der Waals surface area contributed by atoms with Crippen LogP contribution < -0.4 is 5.32 Å². The summed E-state index contributed by atoms with van der Waals surface area (Å²) in [7, 11) is 0. The molecule has 0 aromatic heterocycles. The molecule has 6 aliphatic rings. The maximum Gasteiger partial charge on any atom is 0.343 e. The molecular weight excluding hydrogens is 406 g/mol. The van der Waals surface area contributed by atoms with Crippen LogP contribution in [-0.2, 0) is 19.1 Å². The van der Waals surface area contributed by atoms with Gasteiger partial charge in [-0.05, 0) is 48.9 Å². The molecule has 1 spiro atoms. The molecule has 2 N–H and O–H groups in total. The first kappa shape index (κ1) is 18.7. The molecule has 4 heterocycles. The number of carboxylic acids is 1. The lowest BCUT2D eigenvalue weighted by molar-refractivity contribution is -0.419. The van der Waals surface area contributed by atoms with E-state index in [9.17, 15) is 29.6 Å². The second-order valence-corrected chi connectivity index (χ2v) is 9.40. The summed E-state index contributed by atoms with van der Waals surface area (Å²) in [6, 6.07) is -0.263. The van der Waals surface area contributed by atoms with Crippen LogP contribution in [0.4, 0.5) is 0 Å². The number of ether oxygens (including phenoxy) is 1. The van der Waals surface area contributed by atoms with Crippen LogP contribution in [0.3, 0.4) is 0 Å². The molecule has 2 bridgehead atoms. The minimum absolute atomic E-state index is 0.0808. The van der Waals surface area contributed by atoms with Crippen molar-refractivity contribution in [1.29, 1.82) is 0 Å². The van der Waals surface area contributed by atoms with Gasteiger partial charge in [-0.2, -0.15) is 0 Å². The molecule has 1 saturated carbocycles. The lowest BCUT2D eigenvalue weighted by atomic mass is 9.53. The van der Waals surface area contributed by atoms with Gasteiger partial charge in [0, 0.05) is 30.0 Å². The van der Waals surface area contributed by atoms with Gasteiger partial charge in [0.25, 0.3) is 0 Å². The first-order valence-electron chi connectivity index (χ1n) is 10.6. The number of aliphatic carboxylic acids is 1. The number of nitro groups is 1. The molecular formula is C21H21N3O7. The van der Waals surface area contributed by atoms with Crippen LogP contribution >= 0.6 is 0 Å². The summed E-state index contributed by atoms with van der Waals surface area (Å²) >= 11 is 0. The van der Waals surface area contributed by atoms with E-state index in [1.54, 1.807) is 6.26 Å². The fraction of sp³-hybridized carbons (Fsp3) is 0.571. The van der Waals surface area contributed by atoms with E-state index in [-0.39, 0.29) is 42.0 Å². The molecule has 0 aromatic carbocycles. The number of hydrogen-bond acceptors (Lipinski definition) is 8. The number of rotatable bonds is 3. The Kier molecular flexibility index (Phi) is 3.64. The summed E-state index contributed by atoms with van der Waals surface area (Å²) in [5.41, 5.74) is -0.594. The van der Waals surface area contributed by atoms with Gasteiger partial charge in [0.05, 0.1) is 17.6 Å². The van der Waals surface area contributed by atoms with E-state index in [1.165, 1.54) is 6.08 Å². The first-order valence-corrected chi connectivity index (χ1v) is 10.6. The number of ketones is 2. The van der Waals surface area contributed by atoms with Gasteiger partial charge in [-0.1, -0.05) is 0 Å². The Hall–Kier alpha value is -3.01. The molecule has 31 heavy (non-hydrogen) atoms. The van der Waals surface area contributed by atoms with Gasteiger partial charge >= 0.3 is 17.4 Å². The standard InChI is InChI=1S/C21H21N3O7/c25-12-6-11-17(18(19(12)28)24(29)30)22-20-16-10-5-14-21(11,20)2-3-23(14)8-9(10)1-4-31-13(16)7-15(26)27/h1,4,6,9-10,13-14,16,20,22H,2-3,5,7-8H2,(H,26,27)/t9-,10+,13+,14-,16-,20-,21-/m1/s1. The molecule has 3 saturated heterocycles. The smallest absolute Gasteiger partial charge is 0.343 e. The summed E-state index contributed by atoms with van der Waals surface area (Å²) in [6.45, 7) is 1.60. The van der Waals surface area contributed by atoms with Gasteiger partial charge in [0.2, 0.25) is 5.78 Å². The van der Waals surface area contributed by atoms with Crippen LogP contribution in [0, 0.1) is 33.3 Å². The monoisotopic (exact) mass is 427 g/mol. The van der Waals surface area contributed by atoms with Crippen molar-refractivity contribution in [3.63, 3.8) is 0 Å². The SMILES string of the molecule is O=C(O)C[C@@H]1OC=C[C@@H]2CN3CC[C@]45C6=CC(=O)C(=O)C([N+](=O)[O-])=C6N[C@@H]4[C@@H]1[C@H]2C[C@@H]35. The van der Waals surface area contributed by atoms with Crippen molar-refractivity contribution in [2.45, 2.75) is 37.5 Å². The molecule has 0 unspecified atom stereocenters. The second kappa shape index (κ2) is 6.03. The van der Waals surface area contributed by atoms with Crippen molar-refractivity contribution >= 4 is 17.5 Å². The largest absolute Gasteiger partial charge is 0.497 e. The zero-order chi connectivity index (χ0) is 21.7. The third-order valence-corrected chi connectivity index (χ3v) is 8.36. The number of carboxylic acid groups (broad SMARTS) is 1. The van der Waals surface area contributed by atoms with Crippen molar-refractivity contribution in [3.05, 3.63) is 45.5 Å². The fourth-order valence-electron chi connectivity index (χ4n) is 7.35.